The predicted molar refractivity (Wildman–Crippen MR) is 114 cm³/mol. The van der Waals surface area contributed by atoms with Gasteiger partial charge in [-0.2, -0.15) is 0 Å². The SMILES string of the molecule is CCB1O[Si](C)(CC)[C](c2ccccc2)([Sn]([CH3])([CH3])[CH3])C1(CC)CC. The van der Waals surface area contributed by atoms with Crippen LogP contribution in [0.3, 0.4) is 0 Å². The molecule has 1 saturated heterocycles. The van der Waals surface area contributed by atoms with E-state index in [2.05, 4.69) is 79.4 Å². The minimum absolute atomic E-state index is 0.314. The summed E-state index contributed by atoms with van der Waals surface area (Å²) < 4.78 is 7.48. The van der Waals surface area contributed by atoms with Gasteiger partial charge in [0.25, 0.3) is 0 Å². The summed E-state index contributed by atoms with van der Waals surface area (Å²) >= 11 is -2.46. The third-order valence-electron chi connectivity index (χ3n) is 7.20. The zero-order chi connectivity index (χ0) is 18.2. The molecule has 0 amide bonds. The van der Waals surface area contributed by atoms with Crippen molar-refractivity contribution in [3.63, 3.8) is 0 Å². The molecular weight excluding hydrogens is 414 g/mol. The second kappa shape index (κ2) is 7.11. The molecule has 4 heteroatoms. The van der Waals surface area contributed by atoms with Crippen LogP contribution in [-0.2, 0) is 7.40 Å². The first kappa shape index (κ1) is 20.6. The van der Waals surface area contributed by atoms with Crippen LogP contribution < -0.4 is 0 Å². The molecule has 2 unspecified atom stereocenters. The molecule has 0 radical (unpaired) electrons. The Bertz CT molecular complexity index is 555. The van der Waals surface area contributed by atoms with Gasteiger partial charge in [-0.25, -0.2) is 0 Å². The van der Waals surface area contributed by atoms with Gasteiger partial charge >= 0.3 is 156 Å². The van der Waals surface area contributed by atoms with Gasteiger partial charge in [-0.3, -0.25) is 0 Å². The maximum absolute atomic E-state index is 7.13. The van der Waals surface area contributed by atoms with E-state index in [0.717, 1.165) is 6.32 Å². The Morgan fingerprint density at radius 3 is 1.92 bits per heavy atom. The second-order valence-corrected chi connectivity index (χ2v) is 29.4. The molecule has 0 aromatic heterocycles. The molecule has 1 nitrogen and oxygen atoms in total. The molecule has 1 aliphatic rings. The van der Waals surface area contributed by atoms with E-state index in [1.54, 1.807) is 5.56 Å². The molecule has 1 aromatic carbocycles. The van der Waals surface area contributed by atoms with Crippen LogP contribution >= 0.6 is 0 Å². The van der Waals surface area contributed by atoms with Crippen LogP contribution in [0.2, 0.25) is 39.0 Å². The molecule has 1 heterocycles. The fourth-order valence-electron chi connectivity index (χ4n) is 6.60. The van der Waals surface area contributed by atoms with Gasteiger partial charge in [0.15, 0.2) is 0 Å². The first-order valence-corrected chi connectivity index (χ1v) is 22.5. The van der Waals surface area contributed by atoms with Crippen molar-refractivity contribution in [3.8, 4) is 0 Å². The molecule has 0 saturated carbocycles. The minimum atomic E-state index is -2.46. The summed E-state index contributed by atoms with van der Waals surface area (Å²) in [6.07, 6.45) is 3.64. The molecule has 24 heavy (non-hydrogen) atoms. The summed E-state index contributed by atoms with van der Waals surface area (Å²) in [7, 11) is -1.88. The number of hydrogen-bond acceptors (Lipinski definition) is 1. The monoisotopic (exact) mass is 452 g/mol. The van der Waals surface area contributed by atoms with Crippen LogP contribution in [0.1, 0.15) is 46.1 Å². The molecular formula is C20H37BOSiSn. The topological polar surface area (TPSA) is 9.23 Å². The Kier molecular flexibility index (Phi) is 6.10. The van der Waals surface area contributed by atoms with Crippen LogP contribution in [-0.4, -0.2) is 33.6 Å². The Balaban J connectivity index is 2.95. The van der Waals surface area contributed by atoms with E-state index in [4.69, 9.17) is 4.34 Å². The van der Waals surface area contributed by atoms with E-state index < -0.39 is 26.7 Å². The summed E-state index contributed by atoms with van der Waals surface area (Å²) in [6, 6.07) is 12.8. The van der Waals surface area contributed by atoms with Crippen molar-refractivity contribution in [2.24, 2.45) is 0 Å². The van der Waals surface area contributed by atoms with E-state index in [0.29, 0.717) is 15.3 Å². The average Bonchev–Trinajstić information content (AvgIpc) is 2.81. The van der Waals surface area contributed by atoms with Crippen molar-refractivity contribution in [3.05, 3.63) is 35.9 Å². The van der Waals surface area contributed by atoms with Crippen LogP contribution in [0, 0.1) is 0 Å². The number of rotatable bonds is 6. The van der Waals surface area contributed by atoms with Gasteiger partial charge in [-0.05, 0) is 0 Å². The third-order valence-corrected chi connectivity index (χ3v) is 30.0. The average molecular weight is 451 g/mol. The van der Waals surface area contributed by atoms with Gasteiger partial charge in [0.2, 0.25) is 0 Å². The van der Waals surface area contributed by atoms with Crippen LogP contribution in [0.15, 0.2) is 30.3 Å². The fourth-order valence-corrected chi connectivity index (χ4v) is 36.7. The first-order chi connectivity index (χ1) is 11.2. The van der Waals surface area contributed by atoms with Crippen molar-refractivity contribution >= 4 is 33.6 Å². The van der Waals surface area contributed by atoms with Gasteiger partial charge in [-0.1, -0.05) is 0 Å². The zero-order valence-electron chi connectivity index (χ0n) is 17.2. The summed E-state index contributed by atoms with van der Waals surface area (Å²) in [6.45, 7) is 12.6. The number of hydrogen-bond donors (Lipinski definition) is 0. The Morgan fingerprint density at radius 2 is 1.54 bits per heavy atom. The van der Waals surface area contributed by atoms with Crippen molar-refractivity contribution in [1.82, 2.24) is 0 Å². The van der Waals surface area contributed by atoms with Gasteiger partial charge in [0, 0.05) is 0 Å². The molecule has 134 valence electrons. The predicted octanol–water partition coefficient (Wildman–Crippen LogP) is 6.54. The van der Waals surface area contributed by atoms with Crippen LogP contribution in [0.25, 0.3) is 0 Å². The van der Waals surface area contributed by atoms with Crippen molar-refractivity contribution < 1.29 is 4.34 Å². The van der Waals surface area contributed by atoms with Gasteiger partial charge in [-0.15, -0.1) is 0 Å². The Morgan fingerprint density at radius 1 is 1.00 bits per heavy atom. The first-order valence-electron chi connectivity index (χ1n) is 9.94. The molecule has 1 aromatic rings. The summed E-state index contributed by atoms with van der Waals surface area (Å²) in [5, 5.41) is 0.314. The normalized spacial score (nSPS) is 29.9. The maximum atomic E-state index is 7.13. The molecule has 0 N–H and O–H groups in total. The summed E-state index contributed by atoms with van der Waals surface area (Å²) in [4.78, 5) is 8.01. The van der Waals surface area contributed by atoms with Crippen molar-refractivity contribution in [1.29, 1.82) is 0 Å². The van der Waals surface area contributed by atoms with Crippen molar-refractivity contribution in [2.75, 3.05) is 0 Å². The van der Waals surface area contributed by atoms with Gasteiger partial charge < -0.3 is 0 Å². The van der Waals surface area contributed by atoms with E-state index in [1.807, 2.05) is 0 Å². The van der Waals surface area contributed by atoms with E-state index >= 15 is 0 Å². The Labute approximate surface area is 156 Å². The summed E-state index contributed by atoms with van der Waals surface area (Å²) in [5.41, 5.74) is 1.61. The zero-order valence-corrected chi connectivity index (χ0v) is 21.1. The third kappa shape index (κ3) is 2.51. The van der Waals surface area contributed by atoms with Crippen LogP contribution in [0.4, 0.5) is 0 Å². The standard InChI is InChI=1S/C17H28BOSi.3CH3.Sn/c1-6-17(7-2)16(15-13-11-10-12-14-15)20(5,9-4)19-18(17)8-3;;;;/h10-14H,6-9H2,1-5H3;3*1H3;. The molecule has 0 aliphatic carbocycles. The number of benzene rings is 1. The van der Waals surface area contributed by atoms with E-state index in [1.165, 1.54) is 18.9 Å². The molecule has 0 bridgehead atoms. The van der Waals surface area contributed by atoms with Gasteiger partial charge in [0.05, 0.1) is 0 Å². The summed E-state index contributed by atoms with van der Waals surface area (Å²) in [5.74, 6) is 0. The molecule has 2 atom stereocenters. The van der Waals surface area contributed by atoms with E-state index in [9.17, 15) is 0 Å². The fraction of sp³-hybridized carbons (Fsp3) is 0.700. The molecule has 0 spiro atoms. The van der Waals surface area contributed by atoms with Gasteiger partial charge in [0.1, 0.15) is 0 Å². The van der Waals surface area contributed by atoms with Crippen LogP contribution in [0.5, 0.6) is 0 Å². The molecule has 1 fully saturated rings. The molecule has 2 rings (SSSR count). The quantitative estimate of drug-likeness (QED) is 0.447. The molecule has 1 aliphatic heterocycles. The second-order valence-electron chi connectivity index (χ2n) is 8.83. The van der Waals surface area contributed by atoms with Crippen molar-refractivity contribution in [2.45, 2.75) is 82.6 Å². The van der Waals surface area contributed by atoms with E-state index in [-0.39, 0.29) is 0 Å². The Hall–Kier alpha value is 0.261.